The smallest absolute Gasteiger partial charge is 0.307 e. The van der Waals surface area contributed by atoms with E-state index >= 15 is 0 Å². The Hall–Kier alpha value is -2.00. The van der Waals surface area contributed by atoms with E-state index in [1.54, 1.807) is 21.3 Å². The highest BCUT2D eigenvalue weighted by Gasteiger charge is 2.55. The van der Waals surface area contributed by atoms with Gasteiger partial charge in [0.15, 0.2) is 18.4 Å². The lowest BCUT2D eigenvalue weighted by molar-refractivity contribution is -0.319. The number of Topliss-reactive ketones (excluding diaryl/α,β-unsaturated/α-hetero) is 1. The number of aliphatic hydroxyl groups is 1. The molecular formula is C43H67NO11. The minimum absolute atomic E-state index is 0.00506. The molecule has 4 fully saturated rings. The lowest BCUT2D eigenvalue weighted by Crippen LogP contribution is -2.60. The van der Waals surface area contributed by atoms with Crippen LogP contribution in [0.3, 0.4) is 0 Å². The van der Waals surface area contributed by atoms with Crippen LogP contribution in [0, 0.1) is 35.5 Å². The summed E-state index contributed by atoms with van der Waals surface area (Å²) in [7, 11) is 8.98. The van der Waals surface area contributed by atoms with Gasteiger partial charge in [0.2, 0.25) is 0 Å². The zero-order chi connectivity index (χ0) is 39.6. The molecule has 1 saturated carbocycles. The molecule has 0 spiro atoms. The second-order valence-electron chi connectivity index (χ2n) is 16.9. The lowest BCUT2D eigenvalue weighted by Gasteiger charge is -2.44. The van der Waals surface area contributed by atoms with Crippen LogP contribution in [-0.2, 0) is 47.5 Å². The number of nitrogens with zero attached hydrogens (tertiary/aromatic N) is 1. The summed E-state index contributed by atoms with van der Waals surface area (Å²) in [4.78, 5) is 30.6. The maximum atomic E-state index is 14.7. The second-order valence-corrected chi connectivity index (χ2v) is 16.9. The number of cyclic esters (lactones) is 1. The monoisotopic (exact) mass is 773 g/mol. The SMILES string of the molecule is CC/C=C/[C@H]1CCC[C@H](O[C@H]2CC[C@H](N(C)C)[C@@H](C)O2)[C@@H](C)C(=O)C2=CC3C(C=CC4C3C[C@H](O[C@@H]3O[C@@H](C)[C@H](OC)[C@@H](OC)[C@H]3OC)[C@H]4O)C2CC(=O)O1. The maximum absolute atomic E-state index is 14.7. The van der Waals surface area contributed by atoms with Gasteiger partial charge in [-0.15, -0.1) is 0 Å². The first-order valence-corrected chi connectivity index (χ1v) is 20.8. The fourth-order valence-electron chi connectivity index (χ4n) is 10.5. The molecule has 12 heteroatoms. The average molecular weight is 774 g/mol. The number of likely N-dealkylation sites (N-methyl/N-ethyl adjacent to an activating group) is 1. The largest absolute Gasteiger partial charge is 0.458 e. The molecule has 0 aromatic heterocycles. The molecular weight excluding hydrogens is 706 g/mol. The van der Waals surface area contributed by atoms with Crippen molar-refractivity contribution in [2.24, 2.45) is 35.5 Å². The highest BCUT2D eigenvalue weighted by molar-refractivity contribution is 5.99. The average Bonchev–Trinajstić information content (AvgIpc) is 3.68. The molecule has 3 aliphatic heterocycles. The first-order chi connectivity index (χ1) is 26.4. The Labute approximate surface area is 328 Å². The molecule has 1 N–H and O–H groups in total. The molecule has 55 heavy (non-hydrogen) atoms. The number of rotatable bonds is 10. The molecule has 6 rings (SSSR count). The van der Waals surface area contributed by atoms with Crippen molar-refractivity contribution in [2.75, 3.05) is 35.4 Å². The minimum atomic E-state index is -0.793. The highest BCUT2D eigenvalue weighted by atomic mass is 16.7. The summed E-state index contributed by atoms with van der Waals surface area (Å²) in [5, 5.41) is 11.7. The zero-order valence-electron chi connectivity index (χ0n) is 34.4. The van der Waals surface area contributed by atoms with Crippen LogP contribution in [0.4, 0.5) is 0 Å². The molecule has 0 bridgehead atoms. The van der Waals surface area contributed by atoms with Gasteiger partial charge in [-0.1, -0.05) is 38.2 Å². The highest BCUT2D eigenvalue weighted by Crippen LogP contribution is 2.54. The first kappa shape index (κ1) is 42.6. The number of methoxy groups -OCH3 is 3. The van der Waals surface area contributed by atoms with E-state index in [0.717, 1.165) is 25.7 Å². The number of allylic oxidation sites excluding steroid dienone is 4. The van der Waals surface area contributed by atoms with Crippen LogP contribution in [-0.4, -0.2) is 131 Å². The van der Waals surface area contributed by atoms with Crippen LogP contribution in [0.25, 0.3) is 0 Å². The van der Waals surface area contributed by atoms with Gasteiger partial charge in [0.1, 0.15) is 24.4 Å². The Morgan fingerprint density at radius 1 is 0.855 bits per heavy atom. The van der Waals surface area contributed by atoms with Gasteiger partial charge in [-0.05, 0) is 102 Å². The van der Waals surface area contributed by atoms with Crippen molar-refractivity contribution >= 4 is 11.8 Å². The number of hydrogen-bond acceptors (Lipinski definition) is 12. The summed E-state index contributed by atoms with van der Waals surface area (Å²) >= 11 is 0. The third kappa shape index (κ3) is 9.03. The molecule has 12 nitrogen and oxygen atoms in total. The second kappa shape index (κ2) is 18.7. The third-order valence-corrected chi connectivity index (χ3v) is 13.4. The van der Waals surface area contributed by atoms with Crippen LogP contribution in [0.1, 0.15) is 79.1 Å². The third-order valence-electron chi connectivity index (χ3n) is 13.4. The van der Waals surface area contributed by atoms with Crippen molar-refractivity contribution in [3.8, 4) is 0 Å². The van der Waals surface area contributed by atoms with Crippen molar-refractivity contribution < 1.29 is 52.6 Å². The van der Waals surface area contributed by atoms with Crippen LogP contribution in [0.5, 0.6) is 0 Å². The number of ketones is 1. The number of hydrogen-bond donors (Lipinski definition) is 1. The predicted molar refractivity (Wildman–Crippen MR) is 205 cm³/mol. The number of ether oxygens (including phenoxy) is 8. The minimum Gasteiger partial charge on any atom is -0.458 e. The molecule has 0 aromatic carbocycles. The van der Waals surface area contributed by atoms with E-state index in [-0.39, 0.29) is 78.3 Å². The van der Waals surface area contributed by atoms with Crippen molar-refractivity contribution in [2.45, 2.75) is 153 Å². The summed E-state index contributed by atoms with van der Waals surface area (Å²) in [6.07, 6.45) is 10.7. The van der Waals surface area contributed by atoms with Gasteiger partial charge >= 0.3 is 5.97 Å². The molecule has 310 valence electrons. The van der Waals surface area contributed by atoms with Crippen molar-refractivity contribution in [3.63, 3.8) is 0 Å². The van der Waals surface area contributed by atoms with Gasteiger partial charge in [0, 0.05) is 45.1 Å². The van der Waals surface area contributed by atoms with E-state index in [9.17, 15) is 14.7 Å². The summed E-state index contributed by atoms with van der Waals surface area (Å²) in [6, 6.07) is 0.310. The van der Waals surface area contributed by atoms with E-state index in [1.165, 1.54) is 0 Å². The Balaban J connectivity index is 1.24. The Morgan fingerprint density at radius 2 is 1.58 bits per heavy atom. The van der Waals surface area contributed by atoms with Crippen molar-refractivity contribution in [3.05, 3.63) is 36.0 Å². The Kier molecular flexibility index (Phi) is 14.5. The molecule has 3 aliphatic carbocycles. The number of esters is 1. The normalized spacial score (nSPS) is 45.4. The summed E-state index contributed by atoms with van der Waals surface area (Å²) < 4.78 is 49.3. The van der Waals surface area contributed by atoms with E-state index in [1.807, 2.05) is 26.0 Å². The molecule has 0 amide bonds. The van der Waals surface area contributed by atoms with E-state index in [2.05, 4.69) is 51.1 Å². The van der Waals surface area contributed by atoms with E-state index in [4.69, 9.17) is 37.9 Å². The standard InChI is InChI=1S/C43H67NO11/c1-10-11-13-26-14-12-15-34(54-37-19-18-33(44(5)6)24(3)51-37)23(2)38(46)32-20-29-27(31(32)22-36(45)53-26)16-17-28-30(29)21-35(39(28)47)55-43-42(50-9)41(49-8)40(48-7)25(4)52-43/h11,13,16-17,20,23-31,33-35,37,39-43,47H,10,12,14-15,18-19,21-22H2,1-9H3/b13-11+/t23-,24-,25+,26+,27?,28?,29?,30?,31?,33+,34+,35+,37+,39+,40+,41-,42-,43+/m1/s1. The summed E-state index contributed by atoms with van der Waals surface area (Å²) in [6.45, 7) is 8.04. The molecule has 3 saturated heterocycles. The van der Waals surface area contributed by atoms with E-state index in [0.29, 0.717) is 30.9 Å². The first-order valence-electron chi connectivity index (χ1n) is 20.8. The fraction of sp³-hybridized carbons (Fsp3) is 0.814. The number of aliphatic hydroxyl groups excluding tert-OH is 1. The van der Waals surface area contributed by atoms with Gasteiger partial charge in [0.05, 0.1) is 36.9 Å². The lowest BCUT2D eigenvalue weighted by atomic mass is 9.70. The molecule has 0 radical (unpaired) electrons. The quantitative estimate of drug-likeness (QED) is 0.237. The van der Waals surface area contributed by atoms with Crippen LogP contribution < -0.4 is 0 Å². The van der Waals surface area contributed by atoms with E-state index < -0.39 is 42.9 Å². The topological polar surface area (TPSA) is 131 Å². The van der Waals surface area contributed by atoms with Gasteiger partial charge < -0.3 is 47.9 Å². The predicted octanol–water partition coefficient (Wildman–Crippen LogP) is 5.01. The van der Waals surface area contributed by atoms with Crippen molar-refractivity contribution in [1.82, 2.24) is 4.90 Å². The van der Waals surface area contributed by atoms with Gasteiger partial charge in [0.25, 0.3) is 0 Å². The molecule has 3 heterocycles. The zero-order valence-corrected chi connectivity index (χ0v) is 34.4. The maximum Gasteiger partial charge on any atom is 0.307 e. The summed E-state index contributed by atoms with van der Waals surface area (Å²) in [5.74, 6) is -1.43. The molecule has 18 atom stereocenters. The number of carbonyl (C=O) groups excluding carboxylic acids is 2. The van der Waals surface area contributed by atoms with Crippen LogP contribution >= 0.6 is 0 Å². The van der Waals surface area contributed by atoms with Gasteiger partial charge in [-0.3, -0.25) is 9.59 Å². The molecule has 0 aromatic rings. The number of carbonyl (C=O) groups is 2. The summed E-state index contributed by atoms with van der Waals surface area (Å²) in [5.41, 5.74) is 0.668. The molecule has 5 unspecified atom stereocenters. The van der Waals surface area contributed by atoms with Crippen LogP contribution in [0.15, 0.2) is 36.0 Å². The van der Waals surface area contributed by atoms with Crippen molar-refractivity contribution in [1.29, 1.82) is 0 Å². The van der Waals surface area contributed by atoms with Gasteiger partial charge in [-0.2, -0.15) is 0 Å². The van der Waals surface area contributed by atoms with Gasteiger partial charge in [-0.25, -0.2) is 0 Å². The fourth-order valence-corrected chi connectivity index (χ4v) is 10.5. The Bertz CT molecular complexity index is 1400. The Morgan fingerprint density at radius 3 is 2.25 bits per heavy atom. The van der Waals surface area contributed by atoms with Crippen LogP contribution in [0.2, 0.25) is 0 Å². The molecule has 6 aliphatic rings. The number of fused-ring (bicyclic) bond motifs is 5.